The second kappa shape index (κ2) is 3.93. The summed E-state index contributed by atoms with van der Waals surface area (Å²) in [6.45, 7) is 0. The van der Waals surface area contributed by atoms with E-state index in [9.17, 15) is 4.79 Å². The summed E-state index contributed by atoms with van der Waals surface area (Å²) in [6.07, 6.45) is 9.73. The van der Waals surface area contributed by atoms with Gasteiger partial charge in [0, 0.05) is 18.0 Å². The lowest BCUT2D eigenvalue weighted by Crippen LogP contribution is -2.17. The molecule has 1 aliphatic carbocycles. The molecule has 0 unspecified atom stereocenters. The van der Waals surface area contributed by atoms with Crippen LogP contribution in [0, 0.1) is 0 Å². The van der Waals surface area contributed by atoms with E-state index in [1.165, 1.54) is 0 Å². The Bertz CT molecular complexity index is 586. The number of ketones is 1. The first kappa shape index (κ1) is 9.89. The molecule has 2 aromatic rings. The van der Waals surface area contributed by atoms with Gasteiger partial charge in [0.1, 0.15) is 5.69 Å². The van der Waals surface area contributed by atoms with Crippen LogP contribution >= 0.6 is 0 Å². The van der Waals surface area contributed by atoms with Crippen molar-refractivity contribution in [2.75, 3.05) is 0 Å². The van der Waals surface area contributed by atoms with E-state index in [1.54, 1.807) is 24.9 Å². The Hall–Kier alpha value is -2.30. The third-order valence-corrected chi connectivity index (χ3v) is 2.76. The SMILES string of the molecule is O=C1/C(=C/c2cnc[nH]2)CCc2nccnc21. The third kappa shape index (κ3) is 1.75. The molecular weight excluding hydrogens is 216 g/mol. The van der Waals surface area contributed by atoms with Crippen LogP contribution in [0.4, 0.5) is 0 Å². The van der Waals surface area contributed by atoms with Crippen molar-refractivity contribution in [3.05, 3.63) is 47.6 Å². The third-order valence-electron chi connectivity index (χ3n) is 2.76. The minimum atomic E-state index is -0.0334. The van der Waals surface area contributed by atoms with Crippen LogP contribution in [-0.2, 0) is 6.42 Å². The highest BCUT2D eigenvalue weighted by atomic mass is 16.1. The van der Waals surface area contributed by atoms with E-state index in [0.29, 0.717) is 12.1 Å². The van der Waals surface area contributed by atoms with Gasteiger partial charge in [0.25, 0.3) is 0 Å². The molecule has 0 fully saturated rings. The summed E-state index contributed by atoms with van der Waals surface area (Å²) in [7, 11) is 0. The number of carbonyl (C=O) groups is 1. The van der Waals surface area contributed by atoms with Crippen molar-refractivity contribution < 1.29 is 4.79 Å². The van der Waals surface area contributed by atoms with Crippen LogP contribution in [0.3, 0.4) is 0 Å². The van der Waals surface area contributed by atoms with E-state index >= 15 is 0 Å². The number of fused-ring (bicyclic) bond motifs is 1. The van der Waals surface area contributed by atoms with Crippen LogP contribution < -0.4 is 0 Å². The van der Waals surface area contributed by atoms with Gasteiger partial charge >= 0.3 is 0 Å². The van der Waals surface area contributed by atoms with E-state index in [0.717, 1.165) is 23.4 Å². The Morgan fingerprint density at radius 1 is 1.24 bits per heavy atom. The van der Waals surface area contributed by atoms with Crippen LogP contribution in [0.15, 0.2) is 30.5 Å². The molecular formula is C12H10N4O. The van der Waals surface area contributed by atoms with Crippen molar-refractivity contribution in [2.24, 2.45) is 0 Å². The van der Waals surface area contributed by atoms with Crippen molar-refractivity contribution in [1.29, 1.82) is 0 Å². The van der Waals surface area contributed by atoms with Gasteiger partial charge in [-0.05, 0) is 18.9 Å². The number of carbonyl (C=O) groups excluding carboxylic acids is 1. The van der Waals surface area contributed by atoms with Crippen molar-refractivity contribution in [1.82, 2.24) is 19.9 Å². The predicted molar refractivity (Wildman–Crippen MR) is 61.2 cm³/mol. The normalized spacial score (nSPS) is 17.2. The molecule has 5 nitrogen and oxygen atoms in total. The summed E-state index contributed by atoms with van der Waals surface area (Å²) < 4.78 is 0. The number of aromatic amines is 1. The van der Waals surface area contributed by atoms with Gasteiger partial charge in [-0.25, -0.2) is 9.97 Å². The number of hydrogen-bond acceptors (Lipinski definition) is 4. The van der Waals surface area contributed by atoms with Crippen molar-refractivity contribution in [2.45, 2.75) is 12.8 Å². The summed E-state index contributed by atoms with van der Waals surface area (Å²) in [5.74, 6) is -0.0334. The molecule has 0 amide bonds. The molecule has 2 heterocycles. The maximum Gasteiger partial charge on any atom is 0.209 e. The average molecular weight is 226 g/mol. The topological polar surface area (TPSA) is 71.5 Å². The molecule has 1 aliphatic rings. The Morgan fingerprint density at radius 2 is 2.12 bits per heavy atom. The molecule has 84 valence electrons. The summed E-state index contributed by atoms with van der Waals surface area (Å²) in [6, 6.07) is 0. The monoisotopic (exact) mass is 226 g/mol. The first-order valence-corrected chi connectivity index (χ1v) is 5.38. The summed E-state index contributed by atoms with van der Waals surface area (Å²) in [5.41, 5.74) is 2.85. The molecule has 2 aromatic heterocycles. The highest BCUT2D eigenvalue weighted by molar-refractivity contribution is 6.11. The van der Waals surface area contributed by atoms with Crippen LogP contribution in [0.2, 0.25) is 0 Å². The second-order valence-electron chi connectivity index (χ2n) is 3.86. The summed E-state index contributed by atoms with van der Waals surface area (Å²) in [5, 5.41) is 0. The fourth-order valence-corrected chi connectivity index (χ4v) is 1.93. The van der Waals surface area contributed by atoms with Crippen LogP contribution in [0.1, 0.15) is 28.3 Å². The number of Topliss-reactive ketones (excluding diaryl/α,β-unsaturated/α-hetero) is 1. The molecule has 0 spiro atoms. The number of imidazole rings is 1. The van der Waals surface area contributed by atoms with E-state index in [-0.39, 0.29) is 5.78 Å². The van der Waals surface area contributed by atoms with E-state index < -0.39 is 0 Å². The number of hydrogen-bond donors (Lipinski definition) is 1. The minimum Gasteiger partial charge on any atom is -0.345 e. The minimum absolute atomic E-state index is 0.0334. The molecule has 5 heteroatoms. The lowest BCUT2D eigenvalue weighted by molar-refractivity contribution is 0.102. The van der Waals surface area contributed by atoms with Gasteiger partial charge in [0.15, 0.2) is 0 Å². The molecule has 0 saturated carbocycles. The van der Waals surface area contributed by atoms with Crippen LogP contribution in [-0.4, -0.2) is 25.7 Å². The smallest absolute Gasteiger partial charge is 0.209 e. The van der Waals surface area contributed by atoms with E-state index in [2.05, 4.69) is 19.9 Å². The quantitative estimate of drug-likeness (QED) is 0.746. The zero-order chi connectivity index (χ0) is 11.7. The molecule has 17 heavy (non-hydrogen) atoms. The van der Waals surface area contributed by atoms with Gasteiger partial charge in [-0.15, -0.1) is 0 Å². The Kier molecular flexibility index (Phi) is 2.29. The van der Waals surface area contributed by atoms with Crippen LogP contribution in [0.25, 0.3) is 6.08 Å². The van der Waals surface area contributed by atoms with Gasteiger partial charge in [-0.2, -0.15) is 0 Å². The molecule has 0 aromatic carbocycles. The van der Waals surface area contributed by atoms with Gasteiger partial charge in [-0.3, -0.25) is 9.78 Å². The highest BCUT2D eigenvalue weighted by Crippen LogP contribution is 2.23. The fourth-order valence-electron chi connectivity index (χ4n) is 1.93. The lowest BCUT2D eigenvalue weighted by Gasteiger charge is -2.14. The maximum atomic E-state index is 12.1. The first-order valence-electron chi connectivity index (χ1n) is 5.38. The standard InChI is InChI=1S/C12H10N4O/c17-12-8(5-9-6-13-7-16-9)1-2-10-11(12)15-4-3-14-10/h3-7H,1-2H2,(H,13,16)/b8-5+. The lowest BCUT2D eigenvalue weighted by atomic mass is 9.93. The molecule has 3 rings (SSSR count). The van der Waals surface area contributed by atoms with Crippen molar-refractivity contribution in [3.8, 4) is 0 Å². The van der Waals surface area contributed by atoms with Crippen molar-refractivity contribution in [3.63, 3.8) is 0 Å². The first-order chi connectivity index (χ1) is 8.34. The van der Waals surface area contributed by atoms with Gasteiger partial charge in [0.2, 0.25) is 5.78 Å². The number of H-pyrrole nitrogens is 1. The summed E-state index contributed by atoms with van der Waals surface area (Å²) in [4.78, 5) is 27.3. The van der Waals surface area contributed by atoms with Crippen LogP contribution in [0.5, 0.6) is 0 Å². The fraction of sp³-hybridized carbons (Fsp3) is 0.167. The van der Waals surface area contributed by atoms with Gasteiger partial charge in [-0.1, -0.05) is 0 Å². The Morgan fingerprint density at radius 3 is 2.94 bits per heavy atom. The number of nitrogens with zero attached hydrogens (tertiary/aromatic N) is 3. The second-order valence-corrected chi connectivity index (χ2v) is 3.86. The summed E-state index contributed by atoms with van der Waals surface area (Å²) >= 11 is 0. The Balaban J connectivity index is 2.00. The van der Waals surface area contributed by atoms with E-state index in [1.807, 2.05) is 6.08 Å². The number of nitrogens with one attached hydrogen (secondary N) is 1. The predicted octanol–water partition coefficient (Wildman–Crippen LogP) is 1.41. The maximum absolute atomic E-state index is 12.1. The zero-order valence-corrected chi connectivity index (χ0v) is 9.05. The Labute approximate surface area is 97.6 Å². The molecule has 0 aliphatic heterocycles. The zero-order valence-electron chi connectivity index (χ0n) is 9.05. The average Bonchev–Trinajstić information content (AvgIpc) is 2.86. The van der Waals surface area contributed by atoms with Crippen molar-refractivity contribution >= 4 is 11.9 Å². The largest absolute Gasteiger partial charge is 0.345 e. The molecule has 0 bridgehead atoms. The molecule has 1 N–H and O–H groups in total. The number of rotatable bonds is 1. The van der Waals surface area contributed by atoms with E-state index in [4.69, 9.17) is 0 Å². The van der Waals surface area contributed by atoms with Gasteiger partial charge < -0.3 is 4.98 Å². The number of allylic oxidation sites excluding steroid dienone is 1. The molecule has 0 radical (unpaired) electrons. The van der Waals surface area contributed by atoms with Gasteiger partial charge in [0.05, 0.1) is 23.9 Å². The number of aromatic nitrogens is 4. The molecule has 0 saturated heterocycles. The highest BCUT2D eigenvalue weighted by Gasteiger charge is 2.23. The number of aryl methyl sites for hydroxylation is 1. The molecule has 0 atom stereocenters.